The van der Waals surface area contributed by atoms with E-state index < -0.39 is 29.6 Å². The van der Waals surface area contributed by atoms with Crippen molar-refractivity contribution >= 4 is 65.4 Å². The Labute approximate surface area is 332 Å². The Kier molecular flexibility index (Phi) is 13.3. The molecule has 19 heteroatoms. The van der Waals surface area contributed by atoms with E-state index in [4.69, 9.17) is 21.7 Å². The van der Waals surface area contributed by atoms with Gasteiger partial charge in [0.25, 0.3) is 11.1 Å². The van der Waals surface area contributed by atoms with Crippen LogP contribution in [0.15, 0.2) is 43.8 Å². The summed E-state index contributed by atoms with van der Waals surface area (Å²) < 4.78 is 0. The van der Waals surface area contributed by atoms with Gasteiger partial charge >= 0.3 is 11.9 Å². The lowest BCUT2D eigenvalue weighted by atomic mass is 10.1. The fourth-order valence-corrected chi connectivity index (χ4v) is 6.19. The predicted molar refractivity (Wildman–Crippen MR) is 218 cm³/mol. The first kappa shape index (κ1) is 42.6. The fourth-order valence-electron chi connectivity index (χ4n) is 6.19. The second-order valence-electron chi connectivity index (χ2n) is 14.1. The van der Waals surface area contributed by atoms with E-state index in [-0.39, 0.29) is 58.5 Å². The molecule has 306 valence electrons. The average molecular weight is 797 g/mol. The van der Waals surface area contributed by atoms with Crippen LogP contribution in [-0.4, -0.2) is 92.8 Å². The van der Waals surface area contributed by atoms with Crippen molar-refractivity contribution < 1.29 is 24.6 Å². The Bertz CT molecular complexity index is 2610. The minimum Gasteiger partial charge on any atom is -0.480 e. The SMILES string of the molecule is C=c1nc2c(c(=O)[nH]1)=Nc1cc(C)c(C)cc1N2CC(=O)NCC[C@H](N)C(=O)O.C=c1nc2c(c(=O)[nH]1)=Nc1cc(C)c(C)cc1N2CCNCCC[C@@H](N)C(=O)O. The van der Waals surface area contributed by atoms with Gasteiger partial charge in [0, 0.05) is 19.6 Å². The van der Waals surface area contributed by atoms with E-state index in [0.29, 0.717) is 49.7 Å². The lowest BCUT2D eigenvalue weighted by molar-refractivity contribution is -0.139. The molecule has 1 amide bonds. The maximum absolute atomic E-state index is 12.5. The summed E-state index contributed by atoms with van der Waals surface area (Å²) in [5.74, 6) is -1.75. The van der Waals surface area contributed by atoms with Crippen LogP contribution in [0.4, 0.5) is 34.4 Å². The van der Waals surface area contributed by atoms with Crippen molar-refractivity contribution in [2.45, 2.75) is 59.0 Å². The Balaban J connectivity index is 0.000000221. The summed E-state index contributed by atoms with van der Waals surface area (Å²) in [5, 5.41) is 24.0. The van der Waals surface area contributed by atoms with Crippen LogP contribution in [0.2, 0.25) is 0 Å². The van der Waals surface area contributed by atoms with E-state index in [0.717, 1.165) is 33.6 Å². The summed E-state index contributed by atoms with van der Waals surface area (Å²) in [7, 11) is 0. The van der Waals surface area contributed by atoms with E-state index in [9.17, 15) is 24.0 Å². The van der Waals surface area contributed by atoms with Crippen molar-refractivity contribution in [2.75, 3.05) is 42.5 Å². The second-order valence-corrected chi connectivity index (χ2v) is 14.1. The van der Waals surface area contributed by atoms with Crippen LogP contribution in [-0.2, 0) is 14.4 Å². The molecule has 4 heterocycles. The maximum Gasteiger partial charge on any atom is 0.320 e. The van der Waals surface area contributed by atoms with Gasteiger partial charge in [-0.25, -0.2) is 20.0 Å². The number of benzene rings is 2. The van der Waals surface area contributed by atoms with Crippen LogP contribution in [0, 0.1) is 27.7 Å². The Hall–Kier alpha value is -6.57. The number of rotatable bonds is 14. The lowest BCUT2D eigenvalue weighted by Crippen LogP contribution is -2.45. The molecule has 2 aliphatic heterocycles. The lowest BCUT2D eigenvalue weighted by Gasteiger charge is -2.28. The summed E-state index contributed by atoms with van der Waals surface area (Å²) in [6.07, 6.45) is 1.18. The standard InChI is InChI=1S/C20H26N6O3.C19H22N6O4/c1-11-9-15-16(10-12(11)2)26(8-7-22-6-4-5-14(21)20(28)29)18-17(25-15)19(27)24-13(3)23-18;1-9-6-13-14(7-10(9)2)25(8-15(26)21-5-4-12(20)19(28)29)17-16(24-13)18(27)23-11(3)22-17/h9-10,14,22H,3-8,21H2,1-2H3,(H,24,27)(H,28,29);6-7,12H,3-5,8,20H2,1-2H3,(H,21,26)(H,23,27)(H,28,29)/t14-;12-/m10/s1. The van der Waals surface area contributed by atoms with Crippen LogP contribution >= 0.6 is 0 Å². The number of aryl methyl sites for hydroxylation is 4. The largest absolute Gasteiger partial charge is 0.480 e. The molecule has 2 aromatic carbocycles. The third kappa shape index (κ3) is 9.86. The number of hydrogen-bond donors (Lipinski definition) is 8. The molecule has 10 N–H and O–H groups in total. The number of nitrogens with zero attached hydrogens (tertiary/aromatic N) is 6. The van der Waals surface area contributed by atoms with Crippen molar-refractivity contribution in [3.05, 3.63) is 88.9 Å². The van der Waals surface area contributed by atoms with E-state index >= 15 is 0 Å². The molecule has 2 atom stereocenters. The third-order valence-corrected chi connectivity index (χ3v) is 9.68. The van der Waals surface area contributed by atoms with Crippen LogP contribution in [0.5, 0.6) is 0 Å². The zero-order chi connectivity index (χ0) is 42.4. The molecule has 0 unspecified atom stereocenters. The summed E-state index contributed by atoms with van der Waals surface area (Å²) in [6, 6.07) is 5.87. The van der Waals surface area contributed by atoms with Gasteiger partial charge in [-0.05, 0) is 100 Å². The second kappa shape index (κ2) is 18.1. The molecule has 0 fully saturated rings. The summed E-state index contributed by atoms with van der Waals surface area (Å²) >= 11 is 0. The number of aliphatic carboxylic acids is 2. The number of carboxylic acids is 2. The molecule has 2 aromatic heterocycles. The van der Waals surface area contributed by atoms with Crippen molar-refractivity contribution in [3.8, 4) is 0 Å². The van der Waals surface area contributed by atoms with Gasteiger partial charge in [-0.1, -0.05) is 13.2 Å². The summed E-state index contributed by atoms with van der Waals surface area (Å²) in [4.78, 5) is 85.2. The number of carbonyl (C=O) groups excluding carboxylic acids is 1. The molecular weight excluding hydrogens is 749 g/mol. The highest BCUT2D eigenvalue weighted by Gasteiger charge is 2.26. The minimum atomic E-state index is -1.13. The molecule has 0 saturated heterocycles. The molecule has 0 bridgehead atoms. The molecule has 4 aromatic rings. The van der Waals surface area contributed by atoms with Gasteiger partial charge in [-0.15, -0.1) is 0 Å². The number of aromatic nitrogens is 4. The first-order chi connectivity index (χ1) is 27.4. The molecule has 58 heavy (non-hydrogen) atoms. The first-order valence-corrected chi connectivity index (χ1v) is 18.5. The van der Waals surface area contributed by atoms with Gasteiger partial charge in [0.2, 0.25) is 5.91 Å². The van der Waals surface area contributed by atoms with E-state index in [1.807, 2.05) is 50.8 Å². The van der Waals surface area contributed by atoms with Crippen molar-refractivity contribution in [1.82, 2.24) is 30.6 Å². The zero-order valence-corrected chi connectivity index (χ0v) is 32.8. The first-order valence-electron chi connectivity index (χ1n) is 18.5. The molecule has 0 radical (unpaired) electrons. The molecular formula is C39H48N12O7. The number of hydrogen-bond acceptors (Lipinski definition) is 14. The highest BCUT2D eigenvalue weighted by Crippen LogP contribution is 2.37. The average Bonchev–Trinajstić information content (AvgIpc) is 3.14. The molecule has 6 rings (SSSR count). The molecule has 0 aliphatic carbocycles. The van der Waals surface area contributed by atoms with E-state index in [2.05, 4.69) is 59.8 Å². The van der Waals surface area contributed by atoms with Gasteiger partial charge in [0.15, 0.2) is 22.4 Å². The number of amides is 1. The van der Waals surface area contributed by atoms with Gasteiger partial charge in [-0.3, -0.25) is 24.0 Å². The van der Waals surface area contributed by atoms with E-state index in [1.165, 1.54) is 0 Å². The smallest absolute Gasteiger partial charge is 0.320 e. The van der Waals surface area contributed by atoms with Gasteiger partial charge in [0.05, 0.1) is 22.7 Å². The van der Waals surface area contributed by atoms with Crippen molar-refractivity contribution in [1.29, 1.82) is 0 Å². The number of nitrogens with one attached hydrogen (secondary N) is 4. The third-order valence-electron chi connectivity index (χ3n) is 9.68. The van der Waals surface area contributed by atoms with Gasteiger partial charge < -0.3 is 52.1 Å². The predicted octanol–water partition coefficient (Wildman–Crippen LogP) is -0.900. The maximum atomic E-state index is 12.5. The van der Waals surface area contributed by atoms with Crippen LogP contribution in [0.3, 0.4) is 0 Å². The fraction of sp³-hybridized carbons (Fsp3) is 0.359. The van der Waals surface area contributed by atoms with Crippen LogP contribution in [0.25, 0.3) is 13.2 Å². The van der Waals surface area contributed by atoms with Crippen molar-refractivity contribution in [3.63, 3.8) is 0 Å². The van der Waals surface area contributed by atoms with Crippen LogP contribution in [0.1, 0.15) is 41.5 Å². The molecule has 0 saturated carbocycles. The number of H-pyrrole nitrogens is 2. The number of aromatic amines is 2. The number of fused-ring (bicyclic) bond motifs is 4. The highest BCUT2D eigenvalue weighted by molar-refractivity contribution is 5.87. The normalized spacial score (nSPS) is 13.3. The Morgan fingerprint density at radius 3 is 1.71 bits per heavy atom. The number of carboxylic acid groups (broad SMARTS) is 2. The quantitative estimate of drug-likeness (QED) is 0.0718. The number of carbonyl (C=O) groups is 3. The highest BCUT2D eigenvalue weighted by atomic mass is 16.4. The number of anilines is 4. The summed E-state index contributed by atoms with van der Waals surface area (Å²) in [5.41, 5.74) is 17.7. The summed E-state index contributed by atoms with van der Waals surface area (Å²) in [6.45, 7) is 17.2. The van der Waals surface area contributed by atoms with Crippen LogP contribution < -0.4 is 64.7 Å². The Morgan fingerprint density at radius 2 is 1.19 bits per heavy atom. The topological polar surface area (TPSA) is 290 Å². The zero-order valence-electron chi connectivity index (χ0n) is 32.8. The number of nitrogens with two attached hydrogens (primary N) is 2. The monoisotopic (exact) mass is 796 g/mol. The Morgan fingerprint density at radius 1 is 0.724 bits per heavy atom. The minimum absolute atomic E-state index is 0.100. The molecule has 0 spiro atoms. The van der Waals surface area contributed by atoms with Gasteiger partial charge in [-0.2, -0.15) is 0 Å². The van der Waals surface area contributed by atoms with Gasteiger partial charge in [0.1, 0.15) is 29.6 Å². The van der Waals surface area contributed by atoms with E-state index in [1.54, 1.807) is 4.90 Å². The molecule has 19 nitrogen and oxygen atoms in total. The molecule has 2 aliphatic rings. The van der Waals surface area contributed by atoms with Crippen molar-refractivity contribution in [2.24, 2.45) is 21.5 Å².